The van der Waals surface area contributed by atoms with Gasteiger partial charge in [-0.05, 0) is 38.0 Å². The maximum atomic E-state index is 13.4. The summed E-state index contributed by atoms with van der Waals surface area (Å²) >= 11 is 3.85. The molecule has 1 aliphatic carbocycles. The van der Waals surface area contributed by atoms with Gasteiger partial charge in [0.1, 0.15) is 24.2 Å². The number of carboxylic acids is 4. The number of hydrogen-bond donors (Lipinski definition) is 9. The lowest BCUT2D eigenvalue weighted by Crippen LogP contribution is -2.59. The standard InChI is InChI=1S/C26H40N4O12S/c31-18(7-4-8-19(32)33)30-22(14-5-2-1-3-6-14)25(40)28-16(10-12-21(36)37)23(38)27-15(9-11-20(34)35)24(39)29-17(13-43)26(41)42/h14-17,22,43H,1-13H2,(H,27,38)(H,28,40)(H,29,39)(H,30,31)(H,32,33)(H,34,35)(H,36,37)(H,41,42)/t15-,16-,17-,22-/m0/s1. The van der Waals surface area contributed by atoms with Crippen molar-refractivity contribution in [2.45, 2.75) is 101 Å². The van der Waals surface area contributed by atoms with Crippen LogP contribution in [0.3, 0.4) is 0 Å². The van der Waals surface area contributed by atoms with Crippen molar-refractivity contribution in [3.8, 4) is 0 Å². The Kier molecular flexibility index (Phi) is 16.7. The molecule has 0 aromatic carbocycles. The third-order valence-electron chi connectivity index (χ3n) is 6.87. The Bertz CT molecular complexity index is 1030. The lowest BCUT2D eigenvalue weighted by molar-refractivity contribution is -0.142. The van der Waals surface area contributed by atoms with Crippen LogP contribution in [-0.2, 0) is 38.4 Å². The summed E-state index contributed by atoms with van der Waals surface area (Å²) in [7, 11) is 0. The molecule has 242 valence electrons. The fraction of sp³-hybridized carbons (Fsp3) is 0.692. The molecule has 0 aliphatic heterocycles. The van der Waals surface area contributed by atoms with Crippen LogP contribution in [0.1, 0.15) is 77.0 Å². The zero-order chi connectivity index (χ0) is 32.5. The number of amides is 4. The van der Waals surface area contributed by atoms with Crippen LogP contribution in [0.5, 0.6) is 0 Å². The number of hydrogen-bond acceptors (Lipinski definition) is 9. The van der Waals surface area contributed by atoms with Crippen LogP contribution in [-0.4, -0.2) is 97.9 Å². The van der Waals surface area contributed by atoms with Crippen molar-refractivity contribution in [1.29, 1.82) is 0 Å². The average Bonchev–Trinajstić information content (AvgIpc) is 2.94. The molecule has 1 fully saturated rings. The lowest BCUT2D eigenvalue weighted by Gasteiger charge is -2.31. The highest BCUT2D eigenvalue weighted by atomic mass is 32.1. The fourth-order valence-electron chi connectivity index (χ4n) is 4.58. The van der Waals surface area contributed by atoms with Gasteiger partial charge >= 0.3 is 23.9 Å². The Labute approximate surface area is 253 Å². The zero-order valence-corrected chi connectivity index (χ0v) is 24.5. The van der Waals surface area contributed by atoms with Gasteiger partial charge in [-0.25, -0.2) is 4.79 Å². The van der Waals surface area contributed by atoms with Gasteiger partial charge in [0, 0.05) is 31.4 Å². The molecule has 0 unspecified atom stereocenters. The fourth-order valence-corrected chi connectivity index (χ4v) is 4.82. The second-order valence-corrected chi connectivity index (χ2v) is 10.6. The highest BCUT2D eigenvalue weighted by molar-refractivity contribution is 7.80. The predicted molar refractivity (Wildman–Crippen MR) is 151 cm³/mol. The minimum absolute atomic E-state index is 0.0412. The molecule has 43 heavy (non-hydrogen) atoms. The largest absolute Gasteiger partial charge is 0.481 e. The number of rotatable bonds is 20. The molecule has 0 spiro atoms. The van der Waals surface area contributed by atoms with Crippen LogP contribution in [0.2, 0.25) is 0 Å². The Balaban J connectivity index is 3.16. The summed E-state index contributed by atoms with van der Waals surface area (Å²) < 4.78 is 0. The van der Waals surface area contributed by atoms with Crippen LogP contribution in [0.4, 0.5) is 0 Å². The molecule has 0 aromatic heterocycles. The molecule has 1 rings (SSSR count). The molecule has 0 aromatic rings. The van der Waals surface area contributed by atoms with Gasteiger partial charge in [0.2, 0.25) is 23.6 Å². The third kappa shape index (κ3) is 14.7. The molecular formula is C26H40N4O12S. The van der Waals surface area contributed by atoms with Crippen molar-refractivity contribution < 1.29 is 58.8 Å². The molecule has 0 saturated heterocycles. The highest BCUT2D eigenvalue weighted by Crippen LogP contribution is 2.27. The van der Waals surface area contributed by atoms with Crippen LogP contribution in [0.25, 0.3) is 0 Å². The van der Waals surface area contributed by atoms with Crippen molar-refractivity contribution in [2.75, 3.05) is 5.75 Å². The number of aliphatic carboxylic acids is 4. The SMILES string of the molecule is O=C(O)CCCC(=O)N[C@H](C(=O)N[C@@H](CCC(=O)O)C(=O)N[C@@H](CCC(=O)O)C(=O)N[C@@H](CS)C(=O)O)C1CCCCC1. The summed E-state index contributed by atoms with van der Waals surface area (Å²) in [4.78, 5) is 96.5. The number of carbonyl (C=O) groups is 8. The summed E-state index contributed by atoms with van der Waals surface area (Å²) in [5, 5.41) is 45.8. The molecule has 1 aliphatic rings. The van der Waals surface area contributed by atoms with Gasteiger partial charge < -0.3 is 41.7 Å². The predicted octanol–water partition coefficient (Wildman–Crippen LogP) is -0.495. The summed E-state index contributed by atoms with van der Waals surface area (Å²) in [5.41, 5.74) is 0. The van der Waals surface area contributed by atoms with Crippen LogP contribution >= 0.6 is 12.6 Å². The van der Waals surface area contributed by atoms with E-state index in [1.54, 1.807) is 0 Å². The Morgan fingerprint density at radius 1 is 0.605 bits per heavy atom. The van der Waals surface area contributed by atoms with Crippen LogP contribution < -0.4 is 21.3 Å². The van der Waals surface area contributed by atoms with E-state index in [-0.39, 0.29) is 30.9 Å². The lowest BCUT2D eigenvalue weighted by atomic mass is 9.83. The Morgan fingerprint density at radius 3 is 1.51 bits per heavy atom. The second kappa shape index (κ2) is 19.3. The normalized spacial score (nSPS) is 16.0. The summed E-state index contributed by atoms with van der Waals surface area (Å²) in [6, 6.07) is -5.61. The smallest absolute Gasteiger partial charge is 0.327 e. The van der Waals surface area contributed by atoms with Gasteiger partial charge in [-0.3, -0.25) is 33.6 Å². The number of nitrogens with one attached hydrogen (secondary N) is 4. The van der Waals surface area contributed by atoms with Gasteiger partial charge in [0.15, 0.2) is 0 Å². The minimum atomic E-state index is -1.54. The van der Waals surface area contributed by atoms with Gasteiger partial charge in [0.05, 0.1) is 0 Å². The van der Waals surface area contributed by atoms with E-state index in [9.17, 15) is 48.6 Å². The van der Waals surface area contributed by atoms with Gasteiger partial charge in [-0.1, -0.05) is 19.3 Å². The number of thiol groups is 1. The van der Waals surface area contributed by atoms with Crippen LogP contribution in [0.15, 0.2) is 0 Å². The first-order valence-electron chi connectivity index (χ1n) is 13.9. The van der Waals surface area contributed by atoms with Crippen molar-refractivity contribution in [1.82, 2.24) is 21.3 Å². The monoisotopic (exact) mass is 632 g/mol. The molecule has 0 bridgehead atoms. The van der Waals surface area contributed by atoms with Crippen molar-refractivity contribution in [3.63, 3.8) is 0 Å². The highest BCUT2D eigenvalue weighted by Gasteiger charge is 2.35. The van der Waals surface area contributed by atoms with E-state index >= 15 is 0 Å². The van der Waals surface area contributed by atoms with E-state index < -0.39 is 97.4 Å². The summed E-state index contributed by atoms with van der Waals surface area (Å²) in [6.45, 7) is 0. The first-order valence-corrected chi connectivity index (χ1v) is 14.6. The minimum Gasteiger partial charge on any atom is -0.481 e. The first-order chi connectivity index (χ1) is 20.2. The average molecular weight is 633 g/mol. The quantitative estimate of drug-likeness (QED) is 0.0770. The van der Waals surface area contributed by atoms with E-state index in [0.717, 1.165) is 19.3 Å². The second-order valence-electron chi connectivity index (χ2n) is 10.3. The molecule has 0 heterocycles. The molecule has 8 N–H and O–H groups in total. The van der Waals surface area contributed by atoms with Crippen molar-refractivity contribution in [2.24, 2.45) is 5.92 Å². The number of carboxylic acid groups (broad SMARTS) is 4. The van der Waals surface area contributed by atoms with Gasteiger partial charge in [-0.15, -0.1) is 0 Å². The number of carbonyl (C=O) groups excluding carboxylic acids is 4. The van der Waals surface area contributed by atoms with E-state index in [1.807, 2.05) is 0 Å². The molecule has 4 atom stereocenters. The van der Waals surface area contributed by atoms with E-state index in [1.165, 1.54) is 0 Å². The Morgan fingerprint density at radius 2 is 1.07 bits per heavy atom. The molecule has 4 amide bonds. The molecule has 0 radical (unpaired) electrons. The van der Waals surface area contributed by atoms with E-state index in [0.29, 0.717) is 12.8 Å². The van der Waals surface area contributed by atoms with E-state index in [4.69, 9.17) is 10.2 Å². The van der Waals surface area contributed by atoms with Crippen molar-refractivity contribution >= 4 is 60.1 Å². The van der Waals surface area contributed by atoms with Gasteiger partial charge in [0.25, 0.3) is 0 Å². The summed E-state index contributed by atoms with van der Waals surface area (Å²) in [6.07, 6.45) is 1.31. The molecule has 1 saturated carbocycles. The van der Waals surface area contributed by atoms with Crippen LogP contribution in [0, 0.1) is 5.92 Å². The van der Waals surface area contributed by atoms with E-state index in [2.05, 4.69) is 33.9 Å². The maximum absolute atomic E-state index is 13.4. The zero-order valence-electron chi connectivity index (χ0n) is 23.6. The molecule has 16 nitrogen and oxygen atoms in total. The topological polar surface area (TPSA) is 266 Å². The molecular weight excluding hydrogens is 592 g/mol. The third-order valence-corrected chi connectivity index (χ3v) is 7.24. The summed E-state index contributed by atoms with van der Waals surface area (Å²) in [5.74, 6) is -9.09. The molecule has 17 heteroatoms. The van der Waals surface area contributed by atoms with Gasteiger partial charge in [-0.2, -0.15) is 12.6 Å². The maximum Gasteiger partial charge on any atom is 0.327 e. The van der Waals surface area contributed by atoms with Crippen molar-refractivity contribution in [3.05, 3.63) is 0 Å². The Hall–Kier alpha value is -3.89. The first kappa shape index (κ1) is 37.1.